The molecule has 1 fully saturated rings. The lowest BCUT2D eigenvalue weighted by Gasteiger charge is -2.17. The van der Waals surface area contributed by atoms with Gasteiger partial charge in [0.2, 0.25) is 0 Å². The Morgan fingerprint density at radius 1 is 1.50 bits per heavy atom. The minimum atomic E-state index is -0.124. The predicted molar refractivity (Wildman–Crippen MR) is 63.3 cm³/mol. The average molecular weight is 221 g/mol. The summed E-state index contributed by atoms with van der Waals surface area (Å²) in [5.41, 5.74) is 7.55. The van der Waals surface area contributed by atoms with Crippen molar-refractivity contribution < 1.29 is 0 Å². The summed E-state index contributed by atoms with van der Waals surface area (Å²) >= 11 is 0. The van der Waals surface area contributed by atoms with Gasteiger partial charge in [0.25, 0.3) is 0 Å². The van der Waals surface area contributed by atoms with Gasteiger partial charge in [-0.3, -0.25) is 4.57 Å². The molecule has 16 heavy (non-hydrogen) atoms. The highest BCUT2D eigenvalue weighted by molar-refractivity contribution is 5.08. The first-order chi connectivity index (χ1) is 7.56. The molecular formula is C12H19N3O. The normalized spacial score (nSPS) is 17.4. The van der Waals surface area contributed by atoms with Gasteiger partial charge in [0, 0.05) is 17.9 Å². The maximum atomic E-state index is 11.8. The molecule has 4 nitrogen and oxygen atoms in total. The van der Waals surface area contributed by atoms with Crippen molar-refractivity contribution in [2.75, 3.05) is 6.54 Å². The third-order valence-corrected chi connectivity index (χ3v) is 3.47. The van der Waals surface area contributed by atoms with E-state index >= 15 is 0 Å². The van der Waals surface area contributed by atoms with E-state index in [1.807, 2.05) is 19.9 Å². The number of aromatic nitrogens is 2. The van der Waals surface area contributed by atoms with Gasteiger partial charge in [0.05, 0.1) is 0 Å². The maximum absolute atomic E-state index is 11.8. The van der Waals surface area contributed by atoms with Crippen molar-refractivity contribution in [1.82, 2.24) is 9.55 Å². The summed E-state index contributed by atoms with van der Waals surface area (Å²) in [7, 11) is 0. The highest BCUT2D eigenvalue weighted by Crippen LogP contribution is 2.49. The highest BCUT2D eigenvalue weighted by atomic mass is 16.1. The van der Waals surface area contributed by atoms with Crippen LogP contribution in [-0.4, -0.2) is 16.1 Å². The molecule has 0 bridgehead atoms. The molecule has 1 aliphatic rings. The Kier molecular flexibility index (Phi) is 2.84. The van der Waals surface area contributed by atoms with Crippen LogP contribution in [0.15, 0.2) is 10.9 Å². The van der Waals surface area contributed by atoms with Gasteiger partial charge in [-0.15, -0.1) is 0 Å². The lowest BCUT2D eigenvalue weighted by molar-refractivity contribution is 0.383. The minimum Gasteiger partial charge on any atom is -0.330 e. The van der Waals surface area contributed by atoms with E-state index in [1.54, 1.807) is 4.57 Å². The van der Waals surface area contributed by atoms with Crippen LogP contribution in [-0.2, 0) is 6.54 Å². The highest BCUT2D eigenvalue weighted by Gasteiger charge is 2.42. The van der Waals surface area contributed by atoms with Crippen LogP contribution in [0.4, 0.5) is 0 Å². The Hall–Kier alpha value is -1.16. The molecule has 0 aliphatic heterocycles. The number of hydrogen-bond acceptors (Lipinski definition) is 3. The minimum absolute atomic E-state index is 0.124. The van der Waals surface area contributed by atoms with Gasteiger partial charge in [0.15, 0.2) is 0 Å². The Bertz CT molecular complexity index is 446. The number of aryl methyl sites for hydroxylation is 2. The zero-order chi connectivity index (χ0) is 11.8. The van der Waals surface area contributed by atoms with Crippen LogP contribution < -0.4 is 11.4 Å². The Morgan fingerprint density at radius 2 is 2.19 bits per heavy atom. The van der Waals surface area contributed by atoms with E-state index in [0.29, 0.717) is 6.54 Å². The molecule has 0 amide bonds. The van der Waals surface area contributed by atoms with Crippen molar-refractivity contribution >= 4 is 0 Å². The van der Waals surface area contributed by atoms with Crippen LogP contribution in [0.2, 0.25) is 0 Å². The Balaban J connectivity index is 2.25. The van der Waals surface area contributed by atoms with Gasteiger partial charge in [-0.05, 0) is 51.1 Å². The zero-order valence-electron chi connectivity index (χ0n) is 9.99. The quantitative estimate of drug-likeness (QED) is 0.824. The first-order valence-electron chi connectivity index (χ1n) is 5.81. The van der Waals surface area contributed by atoms with E-state index in [4.69, 9.17) is 5.73 Å². The number of rotatable bonds is 4. The Morgan fingerprint density at radius 3 is 2.69 bits per heavy atom. The van der Waals surface area contributed by atoms with E-state index in [-0.39, 0.29) is 11.1 Å². The van der Waals surface area contributed by atoms with Gasteiger partial charge >= 0.3 is 5.69 Å². The molecule has 4 heteroatoms. The second-order valence-corrected chi connectivity index (χ2v) is 4.95. The second-order valence-electron chi connectivity index (χ2n) is 4.95. The second kappa shape index (κ2) is 4.01. The molecule has 0 unspecified atom stereocenters. The summed E-state index contributed by atoms with van der Waals surface area (Å²) in [6.45, 7) is 5.30. The van der Waals surface area contributed by atoms with Crippen LogP contribution in [0, 0.1) is 19.3 Å². The van der Waals surface area contributed by atoms with Gasteiger partial charge in [0.1, 0.15) is 0 Å². The molecule has 1 aliphatic carbocycles. The third-order valence-electron chi connectivity index (χ3n) is 3.47. The summed E-state index contributed by atoms with van der Waals surface area (Å²) in [5, 5.41) is 0. The largest absolute Gasteiger partial charge is 0.347 e. The molecule has 1 saturated carbocycles. The van der Waals surface area contributed by atoms with Crippen LogP contribution in [0.1, 0.15) is 30.7 Å². The predicted octanol–water partition coefficient (Wildman–Crippen LogP) is 0.989. The van der Waals surface area contributed by atoms with Crippen LogP contribution >= 0.6 is 0 Å². The average Bonchev–Trinajstić information content (AvgIpc) is 2.93. The van der Waals surface area contributed by atoms with Crippen LogP contribution in [0.5, 0.6) is 0 Å². The van der Waals surface area contributed by atoms with Gasteiger partial charge in [-0.2, -0.15) is 4.98 Å². The summed E-state index contributed by atoms with van der Waals surface area (Å²) in [6, 6.07) is 1.96. The standard InChI is InChI=1S/C12H19N3O/c1-9-7-10(2)15(11(16)14-9)8-12(3-4-12)5-6-13/h7H,3-6,8,13H2,1-2H3. The van der Waals surface area contributed by atoms with Crippen molar-refractivity contribution in [3.8, 4) is 0 Å². The molecule has 1 heterocycles. The molecule has 2 rings (SSSR count). The molecule has 0 spiro atoms. The third kappa shape index (κ3) is 2.16. The van der Waals surface area contributed by atoms with E-state index in [1.165, 1.54) is 12.8 Å². The van der Waals surface area contributed by atoms with Crippen molar-refractivity contribution in [2.45, 2.75) is 39.7 Å². The monoisotopic (exact) mass is 221 g/mol. The SMILES string of the molecule is Cc1cc(C)n(CC2(CCN)CC2)c(=O)n1. The maximum Gasteiger partial charge on any atom is 0.347 e. The lowest BCUT2D eigenvalue weighted by Crippen LogP contribution is -2.30. The van der Waals surface area contributed by atoms with Crippen molar-refractivity contribution in [2.24, 2.45) is 11.1 Å². The summed E-state index contributed by atoms with van der Waals surface area (Å²) in [5.74, 6) is 0. The topological polar surface area (TPSA) is 60.9 Å². The summed E-state index contributed by atoms with van der Waals surface area (Å²) in [6.07, 6.45) is 3.38. The van der Waals surface area contributed by atoms with E-state index in [0.717, 1.165) is 24.4 Å². The number of hydrogen-bond donors (Lipinski definition) is 1. The van der Waals surface area contributed by atoms with Crippen LogP contribution in [0.3, 0.4) is 0 Å². The first kappa shape index (κ1) is 11.3. The van der Waals surface area contributed by atoms with E-state index < -0.39 is 0 Å². The van der Waals surface area contributed by atoms with Crippen molar-refractivity contribution in [3.05, 3.63) is 27.9 Å². The zero-order valence-corrected chi connectivity index (χ0v) is 9.99. The van der Waals surface area contributed by atoms with Crippen molar-refractivity contribution in [1.29, 1.82) is 0 Å². The molecule has 0 atom stereocenters. The van der Waals surface area contributed by atoms with E-state index in [2.05, 4.69) is 4.98 Å². The molecule has 2 N–H and O–H groups in total. The molecular weight excluding hydrogens is 202 g/mol. The molecule has 0 aromatic carbocycles. The number of nitrogens with zero attached hydrogens (tertiary/aromatic N) is 2. The molecule has 0 saturated heterocycles. The summed E-state index contributed by atoms with van der Waals surface area (Å²) < 4.78 is 1.79. The van der Waals surface area contributed by atoms with E-state index in [9.17, 15) is 4.79 Å². The molecule has 1 aromatic heterocycles. The smallest absolute Gasteiger partial charge is 0.330 e. The number of nitrogens with two attached hydrogens (primary N) is 1. The summed E-state index contributed by atoms with van der Waals surface area (Å²) in [4.78, 5) is 15.8. The molecule has 1 aromatic rings. The Labute approximate surface area is 95.5 Å². The van der Waals surface area contributed by atoms with Crippen molar-refractivity contribution in [3.63, 3.8) is 0 Å². The molecule has 88 valence electrons. The first-order valence-corrected chi connectivity index (χ1v) is 5.81. The fraction of sp³-hybridized carbons (Fsp3) is 0.667. The fourth-order valence-corrected chi connectivity index (χ4v) is 2.27. The fourth-order valence-electron chi connectivity index (χ4n) is 2.27. The molecule has 0 radical (unpaired) electrons. The lowest BCUT2D eigenvalue weighted by atomic mass is 10.0. The van der Waals surface area contributed by atoms with Gasteiger partial charge in [-0.1, -0.05) is 0 Å². The van der Waals surface area contributed by atoms with Gasteiger partial charge < -0.3 is 5.73 Å². The van der Waals surface area contributed by atoms with Crippen LogP contribution in [0.25, 0.3) is 0 Å². The van der Waals surface area contributed by atoms with Gasteiger partial charge in [-0.25, -0.2) is 4.79 Å².